The maximum absolute atomic E-state index is 13.6. The lowest BCUT2D eigenvalue weighted by Gasteiger charge is -2.11. The lowest BCUT2D eigenvalue weighted by Crippen LogP contribution is -2.20. The number of rotatable bonds is 6. The summed E-state index contributed by atoms with van der Waals surface area (Å²) in [6, 6.07) is 24.6. The average molecular weight is 591 g/mol. The standard InChI is InChI=1S/C32H23BrN4O3/c1-4-15-39-26-12-10-25(11-13-26)36-20(2)16-23(21(36)3)19-34-37-31(35-28-8-6-5-7-27(28)32(37)38)30-18-22-17-24(33)9-14-29(22)40-30/h1,5-14,16-19H,15H2,2-3H3. The molecule has 40 heavy (non-hydrogen) atoms. The van der Waals surface area contributed by atoms with E-state index in [1.165, 1.54) is 4.68 Å². The zero-order chi connectivity index (χ0) is 27.8. The fourth-order valence-corrected chi connectivity index (χ4v) is 5.15. The number of nitrogens with zero attached hydrogens (tertiary/aromatic N) is 4. The van der Waals surface area contributed by atoms with Gasteiger partial charge in [-0.05, 0) is 80.6 Å². The maximum Gasteiger partial charge on any atom is 0.282 e. The topological polar surface area (TPSA) is 74.6 Å². The Kier molecular flexibility index (Phi) is 6.58. The third-order valence-corrected chi connectivity index (χ3v) is 7.15. The fraction of sp³-hybridized carbons (Fsp3) is 0.0938. The van der Waals surface area contributed by atoms with Crippen LogP contribution in [0.15, 0.2) is 97.6 Å². The zero-order valence-corrected chi connectivity index (χ0v) is 23.3. The average Bonchev–Trinajstić information content (AvgIpc) is 3.50. The van der Waals surface area contributed by atoms with Crippen LogP contribution < -0.4 is 10.3 Å². The molecule has 0 unspecified atom stereocenters. The van der Waals surface area contributed by atoms with Crippen molar-refractivity contribution in [1.82, 2.24) is 14.2 Å². The molecule has 0 spiro atoms. The Morgan fingerprint density at radius 3 is 2.67 bits per heavy atom. The highest BCUT2D eigenvalue weighted by Gasteiger charge is 2.17. The minimum absolute atomic E-state index is 0.220. The number of hydrogen-bond donors (Lipinski definition) is 0. The second-order valence-corrected chi connectivity index (χ2v) is 10.2. The van der Waals surface area contributed by atoms with Crippen LogP contribution in [0.5, 0.6) is 5.75 Å². The van der Waals surface area contributed by atoms with Crippen LogP contribution in [0, 0.1) is 26.2 Å². The van der Waals surface area contributed by atoms with E-state index in [1.54, 1.807) is 12.3 Å². The number of ether oxygens (including phenoxy) is 1. The van der Waals surface area contributed by atoms with Crippen molar-refractivity contribution in [2.45, 2.75) is 13.8 Å². The van der Waals surface area contributed by atoms with Gasteiger partial charge in [0.15, 0.2) is 5.76 Å². The molecule has 3 aromatic carbocycles. The molecule has 0 aliphatic heterocycles. The summed E-state index contributed by atoms with van der Waals surface area (Å²) < 4.78 is 16.0. The van der Waals surface area contributed by atoms with Crippen molar-refractivity contribution in [1.29, 1.82) is 0 Å². The molecule has 0 aliphatic rings. The molecule has 0 N–H and O–H groups in total. The van der Waals surface area contributed by atoms with E-state index < -0.39 is 0 Å². The van der Waals surface area contributed by atoms with Gasteiger partial charge in [0.25, 0.3) is 5.56 Å². The number of aryl methyl sites for hydroxylation is 1. The van der Waals surface area contributed by atoms with Gasteiger partial charge < -0.3 is 13.7 Å². The second kappa shape index (κ2) is 10.4. The van der Waals surface area contributed by atoms with Crippen molar-refractivity contribution in [2.24, 2.45) is 5.10 Å². The number of fused-ring (bicyclic) bond motifs is 2. The van der Waals surface area contributed by atoms with Gasteiger partial charge in [0.1, 0.15) is 17.9 Å². The molecule has 196 valence electrons. The number of furan rings is 1. The minimum Gasteiger partial charge on any atom is -0.481 e. The fourth-order valence-electron chi connectivity index (χ4n) is 4.77. The van der Waals surface area contributed by atoms with E-state index in [4.69, 9.17) is 20.6 Å². The Morgan fingerprint density at radius 2 is 1.88 bits per heavy atom. The van der Waals surface area contributed by atoms with Crippen LogP contribution >= 0.6 is 15.9 Å². The SMILES string of the molecule is C#CCOc1ccc(-n2c(C)cc(C=Nn3c(-c4cc5cc(Br)ccc5o4)nc4ccccc4c3=O)c2C)cc1. The molecule has 0 aliphatic carbocycles. The van der Waals surface area contributed by atoms with Gasteiger partial charge >= 0.3 is 0 Å². The van der Waals surface area contributed by atoms with Gasteiger partial charge in [-0.3, -0.25) is 4.79 Å². The lowest BCUT2D eigenvalue weighted by molar-refractivity contribution is 0.370. The number of hydrogen-bond acceptors (Lipinski definition) is 5. The molecule has 3 heterocycles. The summed E-state index contributed by atoms with van der Waals surface area (Å²) in [5, 5.41) is 6.00. The molecule has 0 saturated carbocycles. The van der Waals surface area contributed by atoms with E-state index >= 15 is 0 Å². The summed E-state index contributed by atoms with van der Waals surface area (Å²) in [5.41, 5.74) is 4.80. The Bertz CT molecular complexity index is 2020. The van der Waals surface area contributed by atoms with Gasteiger partial charge in [0.05, 0.1) is 17.1 Å². The molecule has 6 aromatic rings. The molecule has 0 amide bonds. The molecule has 0 atom stereocenters. The highest BCUT2D eigenvalue weighted by atomic mass is 79.9. The molecule has 0 bridgehead atoms. The largest absolute Gasteiger partial charge is 0.481 e. The number of terminal acetylenes is 1. The smallest absolute Gasteiger partial charge is 0.282 e. The zero-order valence-electron chi connectivity index (χ0n) is 21.8. The Morgan fingerprint density at radius 1 is 1.07 bits per heavy atom. The first kappa shape index (κ1) is 25.4. The maximum atomic E-state index is 13.6. The third kappa shape index (κ3) is 4.61. The summed E-state index contributed by atoms with van der Waals surface area (Å²) in [6.45, 7) is 4.25. The van der Waals surface area contributed by atoms with Crippen LogP contribution in [-0.4, -0.2) is 27.0 Å². The van der Waals surface area contributed by atoms with Crippen LogP contribution in [0.25, 0.3) is 39.1 Å². The van der Waals surface area contributed by atoms with E-state index in [9.17, 15) is 4.79 Å². The van der Waals surface area contributed by atoms with Crippen molar-refractivity contribution in [3.05, 3.63) is 111 Å². The second-order valence-electron chi connectivity index (χ2n) is 9.26. The van der Waals surface area contributed by atoms with Crippen molar-refractivity contribution in [3.63, 3.8) is 0 Å². The molecule has 6 rings (SSSR count). The van der Waals surface area contributed by atoms with Gasteiger partial charge in [-0.25, -0.2) is 4.98 Å². The third-order valence-electron chi connectivity index (χ3n) is 6.65. The monoisotopic (exact) mass is 590 g/mol. The van der Waals surface area contributed by atoms with E-state index in [2.05, 4.69) is 31.5 Å². The van der Waals surface area contributed by atoms with Crippen molar-refractivity contribution < 1.29 is 9.15 Å². The Hall–Kier alpha value is -4.87. The quantitative estimate of drug-likeness (QED) is 0.157. The first-order valence-corrected chi connectivity index (χ1v) is 13.3. The molecular weight excluding hydrogens is 568 g/mol. The van der Waals surface area contributed by atoms with Crippen LogP contribution in [0.1, 0.15) is 17.0 Å². The predicted octanol–water partition coefficient (Wildman–Crippen LogP) is 6.87. The van der Waals surface area contributed by atoms with E-state index in [0.717, 1.165) is 32.5 Å². The van der Waals surface area contributed by atoms with Crippen LogP contribution in [0.4, 0.5) is 0 Å². The van der Waals surface area contributed by atoms with Gasteiger partial charge in [0.2, 0.25) is 5.82 Å². The highest BCUT2D eigenvalue weighted by molar-refractivity contribution is 9.10. The number of benzene rings is 3. The highest BCUT2D eigenvalue weighted by Crippen LogP contribution is 2.29. The first-order chi connectivity index (χ1) is 19.4. The molecule has 0 radical (unpaired) electrons. The minimum atomic E-state index is -0.283. The van der Waals surface area contributed by atoms with Gasteiger partial charge in [-0.2, -0.15) is 9.78 Å². The van der Waals surface area contributed by atoms with E-state index in [-0.39, 0.29) is 12.2 Å². The summed E-state index contributed by atoms with van der Waals surface area (Å²) >= 11 is 3.50. The number of para-hydroxylation sites is 1. The molecule has 7 nitrogen and oxygen atoms in total. The predicted molar refractivity (Wildman–Crippen MR) is 161 cm³/mol. The summed E-state index contributed by atoms with van der Waals surface area (Å²) in [4.78, 5) is 18.4. The van der Waals surface area contributed by atoms with Crippen LogP contribution in [0.2, 0.25) is 0 Å². The normalized spacial score (nSPS) is 11.4. The summed E-state index contributed by atoms with van der Waals surface area (Å²) in [5.74, 6) is 3.95. The lowest BCUT2D eigenvalue weighted by atomic mass is 10.2. The molecule has 8 heteroatoms. The molecule has 3 aromatic heterocycles. The van der Waals surface area contributed by atoms with E-state index in [1.807, 2.05) is 86.6 Å². The molecular formula is C32H23BrN4O3. The van der Waals surface area contributed by atoms with Gasteiger partial charge in [0, 0.05) is 32.5 Å². The summed E-state index contributed by atoms with van der Waals surface area (Å²) in [7, 11) is 0. The molecule has 0 saturated heterocycles. The van der Waals surface area contributed by atoms with E-state index in [0.29, 0.717) is 33.8 Å². The van der Waals surface area contributed by atoms with Crippen LogP contribution in [-0.2, 0) is 0 Å². The summed E-state index contributed by atoms with van der Waals surface area (Å²) in [6.07, 6.45) is 6.97. The van der Waals surface area contributed by atoms with Gasteiger partial charge in [-0.15, -0.1) is 6.42 Å². The number of aromatic nitrogens is 3. The Balaban J connectivity index is 1.44. The van der Waals surface area contributed by atoms with Gasteiger partial charge in [-0.1, -0.05) is 34.0 Å². The first-order valence-electron chi connectivity index (χ1n) is 12.5. The van der Waals surface area contributed by atoms with Crippen molar-refractivity contribution in [2.75, 3.05) is 6.61 Å². The number of halogens is 1. The Labute approximate surface area is 238 Å². The van der Waals surface area contributed by atoms with Crippen molar-refractivity contribution in [3.8, 4) is 35.4 Å². The molecule has 0 fully saturated rings. The van der Waals surface area contributed by atoms with Crippen LogP contribution in [0.3, 0.4) is 0 Å². The van der Waals surface area contributed by atoms with Crippen molar-refractivity contribution >= 4 is 44.0 Å².